The topological polar surface area (TPSA) is 61.2 Å². The zero-order valence-electron chi connectivity index (χ0n) is 14.7. The Kier molecular flexibility index (Phi) is 4.68. The number of aromatic nitrogens is 2. The summed E-state index contributed by atoms with van der Waals surface area (Å²) in [6.07, 6.45) is 4.67. The molecule has 5 nitrogen and oxygen atoms in total. The van der Waals surface area contributed by atoms with Gasteiger partial charge in [-0.1, -0.05) is 18.2 Å². The van der Waals surface area contributed by atoms with Gasteiger partial charge in [-0.25, -0.2) is 9.18 Å². The Labute approximate surface area is 159 Å². The molecule has 28 heavy (non-hydrogen) atoms. The standard InChI is InChI=1S/C22H15FN2O3/c23-16-5-7-17(8-6-16)25-13-20(18-3-1-2-4-19(18)21(25)26)22(27)28-14-15-9-11-24-12-10-15/h1-13H,14H2. The van der Waals surface area contributed by atoms with E-state index in [1.54, 1.807) is 48.8 Å². The molecule has 4 aromatic rings. The lowest BCUT2D eigenvalue weighted by atomic mass is 10.1. The first kappa shape index (κ1) is 17.6. The Morgan fingerprint density at radius 1 is 0.964 bits per heavy atom. The van der Waals surface area contributed by atoms with Crippen molar-refractivity contribution < 1.29 is 13.9 Å². The molecule has 2 aromatic heterocycles. The maximum atomic E-state index is 13.3. The average molecular weight is 374 g/mol. The Hall–Kier alpha value is -3.80. The van der Waals surface area contributed by atoms with Crippen molar-refractivity contribution >= 4 is 16.7 Å². The van der Waals surface area contributed by atoms with Gasteiger partial charge in [-0.2, -0.15) is 0 Å². The molecule has 138 valence electrons. The summed E-state index contributed by atoms with van der Waals surface area (Å²) in [6, 6.07) is 15.8. The van der Waals surface area contributed by atoms with Crippen LogP contribution in [0, 0.1) is 5.82 Å². The first-order chi connectivity index (χ1) is 13.6. The number of carbonyl (C=O) groups is 1. The Balaban J connectivity index is 1.78. The molecule has 2 heterocycles. The highest BCUT2D eigenvalue weighted by Gasteiger charge is 2.17. The number of hydrogen-bond donors (Lipinski definition) is 0. The summed E-state index contributed by atoms with van der Waals surface area (Å²) in [4.78, 5) is 29.6. The lowest BCUT2D eigenvalue weighted by molar-refractivity contribution is 0.0474. The molecular weight excluding hydrogens is 359 g/mol. The highest BCUT2D eigenvalue weighted by Crippen LogP contribution is 2.19. The minimum absolute atomic E-state index is 0.0886. The van der Waals surface area contributed by atoms with E-state index in [1.807, 2.05) is 0 Å². The second kappa shape index (κ2) is 7.44. The number of rotatable bonds is 4. The predicted molar refractivity (Wildman–Crippen MR) is 103 cm³/mol. The van der Waals surface area contributed by atoms with Crippen LogP contribution in [0.4, 0.5) is 4.39 Å². The minimum Gasteiger partial charge on any atom is -0.457 e. The molecule has 0 bridgehead atoms. The summed E-state index contributed by atoms with van der Waals surface area (Å²) >= 11 is 0. The molecule has 0 atom stereocenters. The van der Waals surface area contributed by atoms with Crippen molar-refractivity contribution in [1.82, 2.24) is 9.55 Å². The number of ether oxygens (including phenoxy) is 1. The second-order valence-corrected chi connectivity index (χ2v) is 6.17. The van der Waals surface area contributed by atoms with Gasteiger partial charge in [0.05, 0.1) is 5.56 Å². The van der Waals surface area contributed by atoms with Gasteiger partial charge in [0, 0.05) is 35.1 Å². The molecule has 0 saturated carbocycles. The molecule has 0 N–H and O–H groups in total. The van der Waals surface area contributed by atoms with E-state index in [2.05, 4.69) is 4.98 Å². The molecule has 0 aliphatic rings. The quantitative estimate of drug-likeness (QED) is 0.509. The zero-order valence-corrected chi connectivity index (χ0v) is 14.7. The van der Waals surface area contributed by atoms with Gasteiger partial charge in [0.15, 0.2) is 0 Å². The molecular formula is C22H15FN2O3. The fourth-order valence-electron chi connectivity index (χ4n) is 2.95. The van der Waals surface area contributed by atoms with E-state index in [0.717, 1.165) is 5.56 Å². The first-order valence-corrected chi connectivity index (χ1v) is 8.60. The minimum atomic E-state index is -0.552. The summed E-state index contributed by atoms with van der Waals surface area (Å²) in [5, 5.41) is 0.885. The van der Waals surface area contributed by atoms with E-state index in [-0.39, 0.29) is 17.7 Å². The van der Waals surface area contributed by atoms with Crippen molar-refractivity contribution in [3.05, 3.63) is 107 Å². The van der Waals surface area contributed by atoms with Crippen LogP contribution in [0.25, 0.3) is 16.5 Å². The number of halogens is 1. The zero-order chi connectivity index (χ0) is 19.5. The van der Waals surface area contributed by atoms with Gasteiger partial charge in [0.2, 0.25) is 0 Å². The lowest BCUT2D eigenvalue weighted by Crippen LogP contribution is -2.21. The predicted octanol–water partition coefficient (Wildman–Crippen LogP) is 3.88. The Morgan fingerprint density at radius 3 is 2.36 bits per heavy atom. The second-order valence-electron chi connectivity index (χ2n) is 6.17. The fourth-order valence-corrected chi connectivity index (χ4v) is 2.95. The molecule has 4 rings (SSSR count). The number of carbonyl (C=O) groups excluding carboxylic acids is 1. The molecule has 0 amide bonds. The van der Waals surface area contributed by atoms with Crippen LogP contribution in [0.2, 0.25) is 0 Å². The van der Waals surface area contributed by atoms with Crippen LogP contribution < -0.4 is 5.56 Å². The molecule has 6 heteroatoms. The van der Waals surface area contributed by atoms with Crippen molar-refractivity contribution in [2.75, 3.05) is 0 Å². The Morgan fingerprint density at radius 2 is 1.64 bits per heavy atom. The third-order valence-electron chi connectivity index (χ3n) is 4.37. The van der Waals surface area contributed by atoms with Crippen LogP contribution in [0.1, 0.15) is 15.9 Å². The van der Waals surface area contributed by atoms with E-state index in [0.29, 0.717) is 16.5 Å². The number of esters is 1. The van der Waals surface area contributed by atoms with Gasteiger partial charge in [-0.05, 0) is 48.0 Å². The Bertz CT molecular complexity index is 1200. The monoisotopic (exact) mass is 374 g/mol. The van der Waals surface area contributed by atoms with Gasteiger partial charge in [-0.15, -0.1) is 0 Å². The van der Waals surface area contributed by atoms with E-state index in [1.165, 1.54) is 35.0 Å². The third-order valence-corrected chi connectivity index (χ3v) is 4.37. The van der Waals surface area contributed by atoms with Crippen LogP contribution in [0.3, 0.4) is 0 Å². The van der Waals surface area contributed by atoms with Crippen molar-refractivity contribution in [3.8, 4) is 5.69 Å². The van der Waals surface area contributed by atoms with Crippen molar-refractivity contribution in [2.24, 2.45) is 0 Å². The molecule has 0 unspecified atom stereocenters. The maximum absolute atomic E-state index is 13.3. The largest absolute Gasteiger partial charge is 0.457 e. The van der Waals surface area contributed by atoms with E-state index in [9.17, 15) is 14.0 Å². The van der Waals surface area contributed by atoms with Gasteiger partial charge in [0.25, 0.3) is 5.56 Å². The molecule has 2 aromatic carbocycles. The normalized spacial score (nSPS) is 10.8. The third kappa shape index (κ3) is 3.40. The lowest BCUT2D eigenvalue weighted by Gasteiger charge is -2.12. The van der Waals surface area contributed by atoms with E-state index in [4.69, 9.17) is 4.74 Å². The van der Waals surface area contributed by atoms with Crippen LogP contribution in [0.15, 0.2) is 84.0 Å². The van der Waals surface area contributed by atoms with Gasteiger partial charge < -0.3 is 4.74 Å². The van der Waals surface area contributed by atoms with E-state index >= 15 is 0 Å². The highest BCUT2D eigenvalue weighted by molar-refractivity contribution is 6.04. The van der Waals surface area contributed by atoms with Crippen molar-refractivity contribution in [1.29, 1.82) is 0 Å². The van der Waals surface area contributed by atoms with Crippen LogP contribution in [-0.4, -0.2) is 15.5 Å². The van der Waals surface area contributed by atoms with Crippen LogP contribution in [-0.2, 0) is 11.3 Å². The van der Waals surface area contributed by atoms with Crippen LogP contribution in [0.5, 0.6) is 0 Å². The summed E-state index contributed by atoms with van der Waals surface area (Å²) in [5.41, 5.74) is 1.22. The van der Waals surface area contributed by atoms with Crippen LogP contribution >= 0.6 is 0 Å². The summed E-state index contributed by atoms with van der Waals surface area (Å²) in [7, 11) is 0. The smallest absolute Gasteiger partial charge is 0.340 e. The number of benzene rings is 2. The van der Waals surface area contributed by atoms with Crippen molar-refractivity contribution in [2.45, 2.75) is 6.61 Å². The van der Waals surface area contributed by atoms with Gasteiger partial charge >= 0.3 is 5.97 Å². The van der Waals surface area contributed by atoms with E-state index < -0.39 is 11.8 Å². The average Bonchev–Trinajstić information content (AvgIpc) is 2.74. The van der Waals surface area contributed by atoms with Gasteiger partial charge in [0.1, 0.15) is 12.4 Å². The molecule has 0 spiro atoms. The summed E-state index contributed by atoms with van der Waals surface area (Å²) < 4.78 is 20.0. The fraction of sp³-hybridized carbons (Fsp3) is 0.0455. The first-order valence-electron chi connectivity index (χ1n) is 8.60. The molecule has 0 fully saturated rings. The maximum Gasteiger partial charge on any atom is 0.340 e. The summed E-state index contributed by atoms with van der Waals surface area (Å²) in [6.45, 7) is 0.0886. The molecule has 0 aliphatic carbocycles. The molecule has 0 radical (unpaired) electrons. The molecule has 0 aliphatic heterocycles. The summed E-state index contributed by atoms with van der Waals surface area (Å²) in [5.74, 6) is -0.960. The van der Waals surface area contributed by atoms with Gasteiger partial charge in [-0.3, -0.25) is 14.3 Å². The SMILES string of the molecule is O=C(OCc1ccncc1)c1cn(-c2ccc(F)cc2)c(=O)c2ccccc12. The number of nitrogens with zero attached hydrogens (tertiary/aromatic N) is 2. The molecule has 0 saturated heterocycles. The number of hydrogen-bond acceptors (Lipinski definition) is 4. The number of pyridine rings is 2. The highest BCUT2D eigenvalue weighted by atomic mass is 19.1. The van der Waals surface area contributed by atoms with Crippen molar-refractivity contribution in [3.63, 3.8) is 0 Å². The number of fused-ring (bicyclic) bond motifs is 1.